The van der Waals surface area contributed by atoms with Crippen molar-refractivity contribution in [3.05, 3.63) is 24.0 Å². The van der Waals surface area contributed by atoms with E-state index in [2.05, 4.69) is 12.8 Å². The van der Waals surface area contributed by atoms with Gasteiger partial charge in [0.25, 0.3) is 0 Å². The molecule has 1 N–H and O–H groups in total. The first-order valence-corrected chi connectivity index (χ1v) is 5.05. The van der Waals surface area contributed by atoms with Crippen molar-refractivity contribution in [1.82, 2.24) is 4.57 Å². The van der Waals surface area contributed by atoms with E-state index in [1.54, 1.807) is 0 Å². The number of aryl methyl sites for hydroxylation is 1. The number of rotatable bonds is 5. The van der Waals surface area contributed by atoms with Crippen LogP contribution in [-0.2, 0) is 6.54 Å². The van der Waals surface area contributed by atoms with Crippen molar-refractivity contribution in [1.29, 1.82) is 0 Å². The van der Waals surface area contributed by atoms with Gasteiger partial charge in [-0.25, -0.2) is 0 Å². The Kier molecular flexibility index (Phi) is 4.28. The minimum atomic E-state index is -0.327. The molecule has 0 amide bonds. The van der Waals surface area contributed by atoms with Crippen molar-refractivity contribution < 1.29 is 5.11 Å². The van der Waals surface area contributed by atoms with Gasteiger partial charge in [-0.2, -0.15) is 0 Å². The van der Waals surface area contributed by atoms with Gasteiger partial charge in [-0.05, 0) is 18.1 Å². The molecular weight excluding hydrogens is 174 g/mol. The smallest absolute Gasteiger partial charge is 0.0804 e. The van der Waals surface area contributed by atoms with E-state index in [4.69, 9.17) is 6.42 Å². The second-order valence-corrected chi connectivity index (χ2v) is 3.44. The summed E-state index contributed by atoms with van der Waals surface area (Å²) in [6, 6.07) is 1.96. The highest BCUT2D eigenvalue weighted by Crippen LogP contribution is 2.18. The maximum Gasteiger partial charge on any atom is 0.0804 e. The van der Waals surface area contributed by atoms with Crippen LogP contribution in [0.5, 0.6) is 0 Å². The molecule has 0 fully saturated rings. The maximum absolute atomic E-state index is 9.71. The summed E-state index contributed by atoms with van der Waals surface area (Å²) in [5.41, 5.74) is 0.990. The molecule has 2 nitrogen and oxygen atoms in total. The number of aromatic nitrogens is 1. The van der Waals surface area contributed by atoms with E-state index in [-0.39, 0.29) is 6.10 Å². The molecule has 14 heavy (non-hydrogen) atoms. The molecular formula is C12H17NO. The quantitative estimate of drug-likeness (QED) is 0.710. The van der Waals surface area contributed by atoms with E-state index < -0.39 is 0 Å². The summed E-state index contributed by atoms with van der Waals surface area (Å²) >= 11 is 0. The fourth-order valence-corrected chi connectivity index (χ4v) is 1.43. The molecule has 1 unspecified atom stereocenters. The van der Waals surface area contributed by atoms with Crippen molar-refractivity contribution in [2.75, 3.05) is 0 Å². The zero-order valence-corrected chi connectivity index (χ0v) is 8.61. The highest BCUT2D eigenvalue weighted by molar-refractivity contribution is 5.13. The van der Waals surface area contributed by atoms with Crippen LogP contribution in [0.4, 0.5) is 0 Å². The summed E-state index contributed by atoms with van der Waals surface area (Å²) in [6.45, 7) is 2.90. The van der Waals surface area contributed by atoms with E-state index in [1.807, 2.05) is 23.0 Å². The van der Waals surface area contributed by atoms with Gasteiger partial charge < -0.3 is 9.67 Å². The largest absolute Gasteiger partial charge is 0.388 e. The first kappa shape index (κ1) is 10.9. The van der Waals surface area contributed by atoms with Gasteiger partial charge in [0, 0.05) is 25.4 Å². The molecule has 0 saturated carbocycles. The van der Waals surface area contributed by atoms with Gasteiger partial charge in [-0.1, -0.05) is 13.3 Å². The third-order valence-electron chi connectivity index (χ3n) is 2.23. The molecule has 0 aliphatic rings. The monoisotopic (exact) mass is 191 g/mol. The first-order chi connectivity index (χ1) is 6.77. The standard InChI is InChI=1S/C12H17NO/c1-3-5-8-13-9-7-11(10-13)12(14)6-4-2/h1,7,9-10,12,14H,4-6,8H2,2H3. The lowest BCUT2D eigenvalue weighted by Crippen LogP contribution is -1.96. The van der Waals surface area contributed by atoms with Crippen LogP contribution in [0.1, 0.15) is 37.9 Å². The fourth-order valence-electron chi connectivity index (χ4n) is 1.43. The summed E-state index contributed by atoms with van der Waals surface area (Å²) in [6.07, 6.45) is 11.3. The average molecular weight is 191 g/mol. The molecule has 0 aliphatic carbocycles. The van der Waals surface area contributed by atoms with Crippen LogP contribution in [0, 0.1) is 12.3 Å². The number of aliphatic hydroxyl groups excluding tert-OH is 1. The number of aliphatic hydroxyl groups is 1. The lowest BCUT2D eigenvalue weighted by atomic mass is 10.1. The molecule has 0 aromatic carbocycles. The fraction of sp³-hybridized carbons (Fsp3) is 0.500. The highest BCUT2D eigenvalue weighted by Gasteiger charge is 2.06. The molecule has 0 saturated heterocycles. The Bertz CT molecular complexity index is 308. The Morgan fingerprint density at radius 1 is 1.64 bits per heavy atom. The normalized spacial score (nSPS) is 12.4. The molecule has 76 valence electrons. The minimum Gasteiger partial charge on any atom is -0.388 e. The first-order valence-electron chi connectivity index (χ1n) is 5.05. The number of hydrogen-bond acceptors (Lipinski definition) is 1. The molecule has 2 heteroatoms. The molecule has 1 rings (SSSR count). The van der Waals surface area contributed by atoms with Crippen molar-refractivity contribution in [3.63, 3.8) is 0 Å². The van der Waals surface area contributed by atoms with E-state index in [1.165, 1.54) is 0 Å². The van der Waals surface area contributed by atoms with Gasteiger partial charge in [0.2, 0.25) is 0 Å². The molecule has 0 spiro atoms. The highest BCUT2D eigenvalue weighted by atomic mass is 16.3. The number of terminal acetylenes is 1. The topological polar surface area (TPSA) is 25.2 Å². The summed E-state index contributed by atoms with van der Waals surface area (Å²) in [7, 11) is 0. The van der Waals surface area contributed by atoms with E-state index in [9.17, 15) is 5.11 Å². The second-order valence-electron chi connectivity index (χ2n) is 3.44. The molecule has 1 aromatic heterocycles. The van der Waals surface area contributed by atoms with Crippen LogP contribution in [-0.4, -0.2) is 9.67 Å². The number of hydrogen-bond donors (Lipinski definition) is 1. The van der Waals surface area contributed by atoms with Gasteiger partial charge >= 0.3 is 0 Å². The van der Waals surface area contributed by atoms with Crippen LogP contribution in [0.2, 0.25) is 0 Å². The molecule has 1 aromatic rings. The van der Waals surface area contributed by atoms with Crippen LogP contribution < -0.4 is 0 Å². The van der Waals surface area contributed by atoms with Gasteiger partial charge in [0.05, 0.1) is 6.10 Å². The van der Waals surface area contributed by atoms with E-state index >= 15 is 0 Å². The van der Waals surface area contributed by atoms with Crippen molar-refractivity contribution >= 4 is 0 Å². The number of nitrogens with zero attached hydrogens (tertiary/aromatic N) is 1. The van der Waals surface area contributed by atoms with Crippen molar-refractivity contribution in [2.45, 2.75) is 38.8 Å². The third kappa shape index (κ3) is 2.93. The van der Waals surface area contributed by atoms with Gasteiger partial charge in [-0.3, -0.25) is 0 Å². The van der Waals surface area contributed by atoms with Crippen LogP contribution in [0.25, 0.3) is 0 Å². The molecule has 0 bridgehead atoms. The summed E-state index contributed by atoms with van der Waals surface area (Å²) in [5, 5.41) is 9.71. The van der Waals surface area contributed by atoms with Gasteiger partial charge in [0.1, 0.15) is 0 Å². The van der Waals surface area contributed by atoms with E-state index in [0.717, 1.165) is 31.4 Å². The lowest BCUT2D eigenvalue weighted by molar-refractivity contribution is 0.166. The lowest BCUT2D eigenvalue weighted by Gasteiger charge is -2.05. The minimum absolute atomic E-state index is 0.327. The zero-order valence-electron chi connectivity index (χ0n) is 8.61. The molecule has 1 atom stereocenters. The van der Waals surface area contributed by atoms with Crippen LogP contribution in [0.3, 0.4) is 0 Å². The molecule has 0 radical (unpaired) electrons. The summed E-state index contributed by atoms with van der Waals surface area (Å²) in [4.78, 5) is 0. The van der Waals surface area contributed by atoms with E-state index in [0.29, 0.717) is 0 Å². The molecule has 1 heterocycles. The predicted octanol–water partition coefficient (Wildman–Crippen LogP) is 2.34. The summed E-state index contributed by atoms with van der Waals surface area (Å²) in [5.74, 6) is 2.60. The van der Waals surface area contributed by atoms with Crippen molar-refractivity contribution in [2.24, 2.45) is 0 Å². The molecule has 0 aliphatic heterocycles. The maximum atomic E-state index is 9.71. The van der Waals surface area contributed by atoms with Crippen LogP contribution >= 0.6 is 0 Å². The SMILES string of the molecule is C#CCCn1ccc(C(O)CCC)c1. The van der Waals surface area contributed by atoms with Crippen molar-refractivity contribution in [3.8, 4) is 12.3 Å². The third-order valence-corrected chi connectivity index (χ3v) is 2.23. The Hall–Kier alpha value is -1.20. The van der Waals surface area contributed by atoms with Gasteiger partial charge in [0.15, 0.2) is 0 Å². The second kappa shape index (κ2) is 5.51. The average Bonchev–Trinajstić information content (AvgIpc) is 2.63. The Balaban J connectivity index is 2.54. The summed E-state index contributed by atoms with van der Waals surface area (Å²) < 4.78 is 2.02. The Labute approximate surface area is 85.6 Å². The van der Waals surface area contributed by atoms with Gasteiger partial charge in [-0.15, -0.1) is 12.3 Å². The zero-order chi connectivity index (χ0) is 10.4. The Morgan fingerprint density at radius 2 is 2.43 bits per heavy atom. The van der Waals surface area contributed by atoms with Crippen LogP contribution in [0.15, 0.2) is 18.5 Å². The Morgan fingerprint density at radius 3 is 3.07 bits per heavy atom. The predicted molar refractivity (Wildman–Crippen MR) is 57.7 cm³/mol.